The number of H-pyrrole nitrogens is 2. The third-order valence-corrected chi connectivity index (χ3v) is 7.35. The Kier molecular flexibility index (Phi) is 9.15. The fourth-order valence-corrected chi connectivity index (χ4v) is 4.85. The molecule has 2 aromatic heterocycles. The zero-order valence-corrected chi connectivity index (χ0v) is 25.0. The maximum Gasteiger partial charge on any atom is 0.409 e. The number of amides is 3. The largest absolute Gasteiger partial charge is 0.493 e. The number of hydrogen-bond acceptors (Lipinski definition) is 7. The second-order valence-electron chi connectivity index (χ2n) is 11.0. The number of nitrogens with zero attached hydrogens (tertiary/aromatic N) is 3. The van der Waals surface area contributed by atoms with E-state index in [-0.39, 0.29) is 23.4 Å². The molecular formula is C30H34ClN7O5. The van der Waals surface area contributed by atoms with Crippen molar-refractivity contribution in [1.82, 2.24) is 24.8 Å². The smallest absolute Gasteiger partial charge is 0.409 e. The van der Waals surface area contributed by atoms with Crippen LogP contribution in [-0.2, 0) is 4.74 Å². The van der Waals surface area contributed by atoms with Crippen LogP contribution in [0.4, 0.5) is 16.4 Å². The van der Waals surface area contributed by atoms with Crippen molar-refractivity contribution in [2.45, 2.75) is 33.6 Å². The maximum absolute atomic E-state index is 13.0. The van der Waals surface area contributed by atoms with Crippen molar-refractivity contribution in [1.29, 1.82) is 0 Å². The van der Waals surface area contributed by atoms with Gasteiger partial charge >= 0.3 is 6.09 Å². The average molecular weight is 608 g/mol. The van der Waals surface area contributed by atoms with Crippen molar-refractivity contribution >= 4 is 52.2 Å². The summed E-state index contributed by atoms with van der Waals surface area (Å²) in [6.07, 6.45) is 2.70. The van der Waals surface area contributed by atoms with Gasteiger partial charge in [-0.1, -0.05) is 31.5 Å². The Balaban J connectivity index is 1.15. The van der Waals surface area contributed by atoms with Gasteiger partial charge in [0.15, 0.2) is 5.69 Å². The predicted octanol–water partition coefficient (Wildman–Crippen LogP) is 5.64. The molecule has 0 bridgehead atoms. The van der Waals surface area contributed by atoms with Crippen LogP contribution in [0.15, 0.2) is 42.7 Å². The van der Waals surface area contributed by atoms with Crippen molar-refractivity contribution in [3.05, 3.63) is 64.7 Å². The van der Waals surface area contributed by atoms with Gasteiger partial charge in [0.1, 0.15) is 11.4 Å². The van der Waals surface area contributed by atoms with Crippen LogP contribution in [-0.4, -0.2) is 69.0 Å². The van der Waals surface area contributed by atoms with E-state index in [9.17, 15) is 14.4 Å². The van der Waals surface area contributed by atoms with E-state index in [0.717, 1.165) is 18.4 Å². The van der Waals surface area contributed by atoms with E-state index in [4.69, 9.17) is 21.1 Å². The molecule has 4 aromatic rings. The SMILES string of the molecule is Cc1ccc(Cl)cc1NC(=O)c1nc[nH]c1C(=O)Nc1nc2cc(OCC3CCN(C(=O)OCC(C)C)CC3)ccc2[nH]1. The summed E-state index contributed by atoms with van der Waals surface area (Å²) < 4.78 is 11.4. The molecule has 12 nitrogen and oxygen atoms in total. The standard InChI is InChI=1S/C30H34ClN7O5/c1-17(2)14-43-30(41)38-10-8-19(9-11-38)15-42-21-6-7-22-24(13-21)36-29(35-22)37-28(40)26-25(32-16-33-26)27(39)34-23-12-20(31)5-4-18(23)3/h4-7,12-13,16-17,19H,8-11,14-15H2,1-3H3,(H,32,33)(H,34,39)(H2,35,36,37,40). The summed E-state index contributed by atoms with van der Waals surface area (Å²) in [5, 5.41) is 5.90. The number of carbonyl (C=O) groups excluding carboxylic acids is 3. The molecule has 43 heavy (non-hydrogen) atoms. The molecule has 4 N–H and O–H groups in total. The second kappa shape index (κ2) is 13.2. The summed E-state index contributed by atoms with van der Waals surface area (Å²) in [4.78, 5) is 54.1. The number of benzene rings is 2. The first-order chi connectivity index (χ1) is 20.7. The number of likely N-dealkylation sites (tertiary alicyclic amines) is 1. The Hall–Kier alpha value is -4.58. The molecule has 1 saturated heterocycles. The number of aromatic amines is 2. The molecular weight excluding hydrogens is 574 g/mol. The number of aromatic nitrogens is 4. The fourth-order valence-electron chi connectivity index (χ4n) is 4.68. The van der Waals surface area contributed by atoms with Gasteiger partial charge in [-0.3, -0.25) is 14.9 Å². The van der Waals surface area contributed by atoms with Gasteiger partial charge in [-0.15, -0.1) is 0 Å². The van der Waals surface area contributed by atoms with E-state index >= 15 is 0 Å². The Labute approximate surface area is 253 Å². The number of carbonyl (C=O) groups is 3. The molecule has 1 fully saturated rings. The van der Waals surface area contributed by atoms with Crippen molar-refractivity contribution < 1.29 is 23.9 Å². The maximum atomic E-state index is 13.0. The third kappa shape index (κ3) is 7.44. The van der Waals surface area contributed by atoms with Crippen molar-refractivity contribution in [3.63, 3.8) is 0 Å². The number of rotatable bonds is 9. The van der Waals surface area contributed by atoms with E-state index < -0.39 is 11.8 Å². The second-order valence-corrected chi connectivity index (χ2v) is 11.4. The highest BCUT2D eigenvalue weighted by atomic mass is 35.5. The molecule has 0 saturated carbocycles. The number of imidazole rings is 2. The zero-order chi connectivity index (χ0) is 30.5. The summed E-state index contributed by atoms with van der Waals surface area (Å²) in [6.45, 7) is 8.09. The minimum atomic E-state index is -0.583. The summed E-state index contributed by atoms with van der Waals surface area (Å²) in [5.41, 5.74) is 2.57. The van der Waals surface area contributed by atoms with Crippen LogP contribution in [0.25, 0.3) is 11.0 Å². The molecule has 5 rings (SSSR count). The Morgan fingerprint density at radius 2 is 1.88 bits per heavy atom. The van der Waals surface area contributed by atoms with Gasteiger partial charge in [-0.05, 0) is 61.4 Å². The highest BCUT2D eigenvalue weighted by Crippen LogP contribution is 2.25. The van der Waals surface area contributed by atoms with E-state index in [0.29, 0.717) is 65.6 Å². The number of anilines is 2. The number of fused-ring (bicyclic) bond motifs is 1. The van der Waals surface area contributed by atoms with Crippen molar-refractivity contribution in [2.24, 2.45) is 11.8 Å². The Morgan fingerprint density at radius 1 is 1.09 bits per heavy atom. The van der Waals surface area contributed by atoms with Gasteiger partial charge in [-0.25, -0.2) is 14.8 Å². The fraction of sp³-hybridized carbons (Fsp3) is 0.367. The molecule has 226 valence electrons. The predicted molar refractivity (Wildman–Crippen MR) is 163 cm³/mol. The first-order valence-electron chi connectivity index (χ1n) is 14.1. The first kappa shape index (κ1) is 29.9. The summed E-state index contributed by atoms with van der Waals surface area (Å²) in [5.74, 6) is 0.352. The molecule has 1 aliphatic heterocycles. The van der Waals surface area contributed by atoms with Gasteiger partial charge in [-0.2, -0.15) is 0 Å². The monoisotopic (exact) mass is 607 g/mol. The van der Waals surface area contributed by atoms with Gasteiger partial charge < -0.3 is 29.7 Å². The molecule has 0 spiro atoms. The molecule has 3 heterocycles. The molecule has 0 radical (unpaired) electrons. The minimum absolute atomic E-state index is 0.0131. The van der Waals surface area contributed by atoms with Gasteiger partial charge in [0.25, 0.3) is 11.8 Å². The van der Waals surface area contributed by atoms with Crippen LogP contribution in [0.2, 0.25) is 5.02 Å². The molecule has 3 amide bonds. The van der Waals surface area contributed by atoms with E-state index in [2.05, 4.69) is 30.6 Å². The van der Waals surface area contributed by atoms with Crippen LogP contribution >= 0.6 is 11.6 Å². The van der Waals surface area contributed by atoms with Gasteiger partial charge in [0.2, 0.25) is 5.95 Å². The number of ether oxygens (including phenoxy) is 2. The zero-order valence-electron chi connectivity index (χ0n) is 24.2. The molecule has 0 aliphatic carbocycles. The summed E-state index contributed by atoms with van der Waals surface area (Å²) >= 11 is 6.05. The number of hydrogen-bond donors (Lipinski definition) is 4. The first-order valence-corrected chi connectivity index (χ1v) is 14.5. The van der Waals surface area contributed by atoms with E-state index in [1.807, 2.05) is 32.9 Å². The van der Waals surface area contributed by atoms with E-state index in [1.54, 1.807) is 29.2 Å². The summed E-state index contributed by atoms with van der Waals surface area (Å²) in [7, 11) is 0. The van der Waals surface area contributed by atoms with Crippen LogP contribution in [0.5, 0.6) is 5.75 Å². The highest BCUT2D eigenvalue weighted by Gasteiger charge is 2.25. The number of aryl methyl sites for hydroxylation is 1. The number of halogens is 1. The average Bonchev–Trinajstić information content (AvgIpc) is 3.64. The Bertz CT molecular complexity index is 1620. The van der Waals surface area contributed by atoms with Gasteiger partial charge in [0.05, 0.1) is 30.6 Å². The number of piperidine rings is 1. The minimum Gasteiger partial charge on any atom is -0.493 e. The van der Waals surface area contributed by atoms with Crippen molar-refractivity contribution in [2.75, 3.05) is 36.9 Å². The number of nitrogens with one attached hydrogen (secondary N) is 4. The topological polar surface area (TPSA) is 154 Å². The lowest BCUT2D eigenvalue weighted by Crippen LogP contribution is -2.40. The van der Waals surface area contributed by atoms with Crippen LogP contribution in [0.3, 0.4) is 0 Å². The molecule has 1 aliphatic rings. The third-order valence-electron chi connectivity index (χ3n) is 7.11. The van der Waals surface area contributed by atoms with Gasteiger partial charge in [0, 0.05) is 29.9 Å². The van der Waals surface area contributed by atoms with Crippen LogP contribution in [0, 0.1) is 18.8 Å². The van der Waals surface area contributed by atoms with Crippen molar-refractivity contribution in [3.8, 4) is 5.75 Å². The Morgan fingerprint density at radius 3 is 2.65 bits per heavy atom. The molecule has 13 heteroatoms. The summed E-state index contributed by atoms with van der Waals surface area (Å²) in [6, 6.07) is 10.6. The molecule has 0 unspecified atom stereocenters. The molecule has 2 aromatic carbocycles. The quantitative estimate of drug-likeness (QED) is 0.192. The van der Waals surface area contributed by atoms with E-state index in [1.165, 1.54) is 6.33 Å². The molecule has 0 atom stereocenters. The lowest BCUT2D eigenvalue weighted by Gasteiger charge is -2.31. The normalized spacial score (nSPS) is 13.7. The van der Waals surface area contributed by atoms with Crippen LogP contribution < -0.4 is 15.4 Å². The highest BCUT2D eigenvalue weighted by molar-refractivity contribution is 6.31. The van der Waals surface area contributed by atoms with Crippen LogP contribution in [0.1, 0.15) is 53.2 Å². The lowest BCUT2D eigenvalue weighted by atomic mass is 9.98. The lowest BCUT2D eigenvalue weighted by molar-refractivity contribution is 0.0733.